The normalized spacial score (nSPS) is 28.0. The minimum atomic E-state index is -0.192. The molecule has 3 N–H and O–H groups in total. The quantitative estimate of drug-likeness (QED) is 0.543. The van der Waals surface area contributed by atoms with Crippen LogP contribution in [0.2, 0.25) is 0 Å². The average Bonchev–Trinajstić information content (AvgIpc) is 3.29. The van der Waals surface area contributed by atoms with Crippen molar-refractivity contribution in [3.63, 3.8) is 0 Å². The van der Waals surface area contributed by atoms with Gasteiger partial charge in [-0.05, 0) is 68.4 Å². The number of thioether (sulfide) groups is 1. The lowest BCUT2D eigenvalue weighted by atomic mass is 9.93. The molecule has 0 radical (unpaired) electrons. The van der Waals surface area contributed by atoms with E-state index >= 15 is 0 Å². The second-order valence-electron chi connectivity index (χ2n) is 10.0. The minimum absolute atomic E-state index is 0.000615. The van der Waals surface area contributed by atoms with Crippen molar-refractivity contribution in [2.24, 2.45) is 5.92 Å². The second-order valence-corrected chi connectivity index (χ2v) is 11.0. The molecular weight excluding hydrogens is 444 g/mol. The maximum atomic E-state index is 12.9. The number of aryl methyl sites for hydroxylation is 1. The van der Waals surface area contributed by atoms with Crippen LogP contribution in [0.1, 0.15) is 56.1 Å². The minimum Gasteiger partial charge on any atom is -0.356 e. The number of likely N-dealkylation sites (tertiary alicyclic amines) is 1. The van der Waals surface area contributed by atoms with Crippen LogP contribution in [0.5, 0.6) is 0 Å². The van der Waals surface area contributed by atoms with Crippen molar-refractivity contribution in [2.75, 3.05) is 19.6 Å². The zero-order valence-electron chi connectivity index (χ0n) is 20.0. The number of benzene rings is 1. The van der Waals surface area contributed by atoms with E-state index in [1.807, 2.05) is 0 Å². The van der Waals surface area contributed by atoms with E-state index < -0.39 is 0 Å². The summed E-state index contributed by atoms with van der Waals surface area (Å²) in [5.41, 5.74) is 5.10. The molecule has 4 aliphatic rings. The van der Waals surface area contributed by atoms with Gasteiger partial charge in [0.1, 0.15) is 11.5 Å². The Labute approximate surface area is 207 Å². The van der Waals surface area contributed by atoms with Gasteiger partial charge in [-0.3, -0.25) is 19.8 Å². The largest absolute Gasteiger partial charge is 0.356 e. The number of hydrogen-bond donors (Lipinski definition) is 3. The number of nitrogens with one attached hydrogen (secondary N) is 3. The number of hydrogen-bond acceptors (Lipinski definition) is 5. The van der Waals surface area contributed by atoms with Gasteiger partial charge in [-0.15, -0.1) is 11.8 Å². The van der Waals surface area contributed by atoms with Gasteiger partial charge < -0.3 is 10.6 Å². The SMILES string of the molecule is Cc1cccc(C2=CSC3C(=O)NC(N4CCC(C(=O)NCCC5=CCCCC5)CC4)NC23)c1. The summed E-state index contributed by atoms with van der Waals surface area (Å²) in [4.78, 5) is 27.9. The van der Waals surface area contributed by atoms with Crippen LogP contribution in [0.3, 0.4) is 0 Å². The Morgan fingerprint density at radius 3 is 2.85 bits per heavy atom. The Kier molecular flexibility index (Phi) is 7.42. The molecule has 0 bridgehead atoms. The highest BCUT2D eigenvalue weighted by Gasteiger charge is 2.44. The van der Waals surface area contributed by atoms with Crippen LogP contribution < -0.4 is 16.0 Å². The average molecular weight is 481 g/mol. The third-order valence-corrected chi connectivity index (χ3v) is 8.77. The van der Waals surface area contributed by atoms with E-state index in [9.17, 15) is 9.59 Å². The maximum absolute atomic E-state index is 12.9. The Morgan fingerprint density at radius 2 is 2.09 bits per heavy atom. The molecule has 182 valence electrons. The van der Waals surface area contributed by atoms with Crippen LogP contribution in [0.15, 0.2) is 41.3 Å². The molecule has 3 unspecified atom stereocenters. The lowest BCUT2D eigenvalue weighted by Crippen LogP contribution is -2.68. The first-order valence-electron chi connectivity index (χ1n) is 12.8. The summed E-state index contributed by atoms with van der Waals surface area (Å²) in [5.74, 6) is 0.344. The number of amides is 2. The Bertz CT molecular complexity index is 983. The van der Waals surface area contributed by atoms with Crippen molar-refractivity contribution in [1.29, 1.82) is 0 Å². The van der Waals surface area contributed by atoms with Crippen LogP contribution in [0, 0.1) is 12.8 Å². The molecule has 0 saturated carbocycles. The third kappa shape index (κ3) is 5.26. The number of piperidine rings is 1. The number of carbonyl (C=O) groups excluding carboxylic acids is 2. The zero-order chi connectivity index (χ0) is 23.5. The first kappa shape index (κ1) is 23.6. The van der Waals surface area contributed by atoms with Crippen molar-refractivity contribution in [3.8, 4) is 0 Å². The van der Waals surface area contributed by atoms with E-state index in [2.05, 4.69) is 63.5 Å². The number of rotatable bonds is 6. The van der Waals surface area contributed by atoms with E-state index in [0.29, 0.717) is 0 Å². The monoisotopic (exact) mass is 480 g/mol. The van der Waals surface area contributed by atoms with E-state index in [1.165, 1.54) is 48.0 Å². The van der Waals surface area contributed by atoms with Crippen LogP contribution in [0.4, 0.5) is 0 Å². The number of nitrogens with zero attached hydrogens (tertiary/aromatic N) is 1. The van der Waals surface area contributed by atoms with Gasteiger partial charge in [-0.1, -0.05) is 41.5 Å². The fourth-order valence-corrected chi connectivity index (χ4v) is 6.74. The zero-order valence-corrected chi connectivity index (χ0v) is 20.8. The highest BCUT2D eigenvalue weighted by atomic mass is 32.2. The molecule has 6 nitrogen and oxygen atoms in total. The standard InChI is InChI=1S/C27H36N4O2S/c1-18-6-5-9-21(16-18)22-17-34-24-23(22)29-27(30-26(24)33)31-14-11-20(12-15-31)25(32)28-13-10-19-7-3-2-4-8-19/h5-7,9,16-17,20,23-24,27,29H,2-4,8,10-15H2,1H3,(H,28,32)(H,30,33). The van der Waals surface area contributed by atoms with E-state index in [-0.39, 0.29) is 35.3 Å². The summed E-state index contributed by atoms with van der Waals surface area (Å²) in [5, 5.41) is 12.0. The Morgan fingerprint density at radius 1 is 1.24 bits per heavy atom. The van der Waals surface area contributed by atoms with Gasteiger partial charge >= 0.3 is 0 Å². The molecule has 1 aromatic rings. The fraction of sp³-hybridized carbons (Fsp3) is 0.556. The number of carbonyl (C=O) groups is 2. The summed E-state index contributed by atoms with van der Waals surface area (Å²) >= 11 is 1.60. The number of allylic oxidation sites excluding steroid dienone is 1. The molecule has 3 aliphatic heterocycles. The van der Waals surface area contributed by atoms with Gasteiger partial charge in [0.2, 0.25) is 11.8 Å². The lowest BCUT2D eigenvalue weighted by molar-refractivity contribution is -0.129. The Balaban J connectivity index is 1.13. The molecular formula is C27H36N4O2S. The molecule has 0 aromatic heterocycles. The molecule has 2 fully saturated rings. The molecule has 2 saturated heterocycles. The molecule has 34 heavy (non-hydrogen) atoms. The predicted octanol–water partition coefficient (Wildman–Crippen LogP) is 3.54. The summed E-state index contributed by atoms with van der Waals surface area (Å²) in [7, 11) is 0. The molecule has 1 aliphatic carbocycles. The highest BCUT2D eigenvalue weighted by Crippen LogP contribution is 2.39. The van der Waals surface area contributed by atoms with Crippen molar-refractivity contribution >= 4 is 29.1 Å². The summed E-state index contributed by atoms with van der Waals surface area (Å²) < 4.78 is 0. The summed E-state index contributed by atoms with van der Waals surface area (Å²) in [6, 6.07) is 8.49. The molecule has 1 aromatic carbocycles. The lowest BCUT2D eigenvalue weighted by Gasteiger charge is -2.43. The van der Waals surface area contributed by atoms with Crippen LogP contribution in [0.25, 0.3) is 5.57 Å². The van der Waals surface area contributed by atoms with Gasteiger partial charge in [-0.25, -0.2) is 0 Å². The van der Waals surface area contributed by atoms with Crippen molar-refractivity contribution in [2.45, 2.75) is 69.5 Å². The molecule has 0 spiro atoms. The smallest absolute Gasteiger partial charge is 0.237 e. The summed E-state index contributed by atoms with van der Waals surface area (Å²) in [6.45, 7) is 4.45. The molecule has 7 heteroatoms. The van der Waals surface area contributed by atoms with Gasteiger partial charge in [0, 0.05) is 25.6 Å². The van der Waals surface area contributed by atoms with Gasteiger partial charge in [0.15, 0.2) is 0 Å². The van der Waals surface area contributed by atoms with Crippen LogP contribution >= 0.6 is 11.8 Å². The summed E-state index contributed by atoms with van der Waals surface area (Å²) in [6.07, 6.45) is 9.76. The van der Waals surface area contributed by atoms with Crippen LogP contribution in [-0.4, -0.2) is 53.9 Å². The van der Waals surface area contributed by atoms with E-state index in [4.69, 9.17) is 0 Å². The molecule has 5 rings (SSSR count). The van der Waals surface area contributed by atoms with Crippen LogP contribution in [-0.2, 0) is 9.59 Å². The van der Waals surface area contributed by atoms with Gasteiger partial charge in [0.05, 0.1) is 6.04 Å². The first-order valence-corrected chi connectivity index (χ1v) is 13.7. The molecule has 2 amide bonds. The Hall–Kier alpha value is -2.09. The first-order chi connectivity index (χ1) is 16.6. The third-order valence-electron chi connectivity index (χ3n) is 7.60. The van der Waals surface area contributed by atoms with E-state index in [1.54, 1.807) is 11.8 Å². The maximum Gasteiger partial charge on any atom is 0.237 e. The molecule has 3 atom stereocenters. The second kappa shape index (κ2) is 10.7. The van der Waals surface area contributed by atoms with E-state index in [0.717, 1.165) is 38.9 Å². The predicted molar refractivity (Wildman–Crippen MR) is 138 cm³/mol. The number of fused-ring (bicyclic) bond motifs is 1. The molecule has 3 heterocycles. The van der Waals surface area contributed by atoms with Crippen molar-refractivity contribution < 1.29 is 9.59 Å². The van der Waals surface area contributed by atoms with Gasteiger partial charge in [-0.2, -0.15) is 0 Å². The van der Waals surface area contributed by atoms with Crippen molar-refractivity contribution in [1.82, 2.24) is 20.9 Å². The topological polar surface area (TPSA) is 73.5 Å². The fourth-order valence-electron chi connectivity index (χ4n) is 5.59. The van der Waals surface area contributed by atoms with Crippen molar-refractivity contribution in [3.05, 3.63) is 52.4 Å². The highest BCUT2D eigenvalue weighted by molar-refractivity contribution is 8.04. The van der Waals surface area contributed by atoms with Gasteiger partial charge in [0.25, 0.3) is 0 Å².